The van der Waals surface area contributed by atoms with Gasteiger partial charge in [-0.25, -0.2) is 4.98 Å². The Hall–Kier alpha value is -1.36. The molecule has 0 aliphatic carbocycles. The first-order valence-electron chi connectivity index (χ1n) is 4.98. The maximum Gasteiger partial charge on any atom is 0.235 e. The van der Waals surface area contributed by atoms with Crippen LogP contribution in [0.25, 0.3) is 0 Å². The average molecular weight is 242 g/mol. The maximum absolute atomic E-state index is 11.7. The molecule has 1 aromatic rings. The molecule has 1 atom stereocenters. The molecule has 1 aromatic heterocycles. The largest absolute Gasteiger partial charge is 0.481 e. The van der Waals surface area contributed by atoms with Crippen LogP contribution in [-0.2, 0) is 4.79 Å². The molecule has 1 fully saturated rings. The predicted molar refractivity (Wildman–Crippen MR) is 59.8 cm³/mol. The van der Waals surface area contributed by atoms with E-state index in [1.54, 1.807) is 17.2 Å². The van der Waals surface area contributed by atoms with E-state index in [9.17, 15) is 4.79 Å². The van der Waals surface area contributed by atoms with Crippen molar-refractivity contribution in [2.75, 3.05) is 24.4 Å². The number of rotatable bonds is 3. The Labute approximate surface area is 98.4 Å². The Morgan fingerprint density at radius 1 is 1.69 bits per heavy atom. The summed E-state index contributed by atoms with van der Waals surface area (Å²) in [7, 11) is 1.53. The minimum absolute atomic E-state index is 0.0129. The van der Waals surface area contributed by atoms with Crippen molar-refractivity contribution in [2.24, 2.45) is 5.92 Å². The quantitative estimate of drug-likeness (QED) is 0.743. The van der Waals surface area contributed by atoms with E-state index in [4.69, 9.17) is 16.3 Å². The van der Waals surface area contributed by atoms with E-state index in [-0.39, 0.29) is 11.8 Å². The molecule has 0 saturated carbocycles. The Morgan fingerprint density at radius 3 is 3.12 bits per heavy atom. The van der Waals surface area contributed by atoms with Crippen LogP contribution in [0.5, 0.6) is 5.88 Å². The Balaban J connectivity index is 2.20. The van der Waals surface area contributed by atoms with Gasteiger partial charge in [0.15, 0.2) is 0 Å². The first kappa shape index (κ1) is 11.1. The summed E-state index contributed by atoms with van der Waals surface area (Å²) in [6, 6.07) is 1.64. The van der Waals surface area contributed by atoms with Crippen molar-refractivity contribution in [3.8, 4) is 5.88 Å². The zero-order valence-corrected chi connectivity index (χ0v) is 9.65. The standard InChI is InChI=1S/C10H12ClN3O2/c1-16-8-2-3-12-10(13-8)14-6-7(5-11)4-9(14)15/h2-3,7H,4-6H2,1H3. The molecule has 0 bridgehead atoms. The van der Waals surface area contributed by atoms with Crippen molar-refractivity contribution in [2.45, 2.75) is 6.42 Å². The van der Waals surface area contributed by atoms with E-state index in [1.165, 1.54) is 7.11 Å². The lowest BCUT2D eigenvalue weighted by Gasteiger charge is -2.13. The van der Waals surface area contributed by atoms with Gasteiger partial charge in [0.1, 0.15) is 0 Å². The highest BCUT2D eigenvalue weighted by Gasteiger charge is 2.31. The summed E-state index contributed by atoms with van der Waals surface area (Å²) < 4.78 is 4.99. The number of amides is 1. The molecule has 1 saturated heterocycles. The molecular formula is C10H12ClN3O2. The number of nitrogens with zero attached hydrogens (tertiary/aromatic N) is 3. The lowest BCUT2D eigenvalue weighted by atomic mass is 10.2. The molecule has 0 N–H and O–H groups in total. The molecule has 1 unspecified atom stereocenters. The smallest absolute Gasteiger partial charge is 0.235 e. The number of hydrogen-bond acceptors (Lipinski definition) is 4. The predicted octanol–water partition coefficient (Wildman–Crippen LogP) is 1.08. The number of hydrogen-bond donors (Lipinski definition) is 0. The van der Waals surface area contributed by atoms with Gasteiger partial charge in [0.05, 0.1) is 7.11 Å². The highest BCUT2D eigenvalue weighted by atomic mass is 35.5. The highest BCUT2D eigenvalue weighted by Crippen LogP contribution is 2.23. The zero-order valence-electron chi connectivity index (χ0n) is 8.89. The molecule has 6 heteroatoms. The molecule has 0 aromatic carbocycles. The van der Waals surface area contributed by atoms with Gasteiger partial charge in [-0.3, -0.25) is 9.69 Å². The Kier molecular flexibility index (Phi) is 3.24. The molecule has 86 valence electrons. The number of methoxy groups -OCH3 is 1. The average Bonchev–Trinajstić information content (AvgIpc) is 2.71. The second-order valence-corrected chi connectivity index (χ2v) is 3.94. The summed E-state index contributed by atoms with van der Waals surface area (Å²) >= 11 is 5.74. The van der Waals surface area contributed by atoms with Gasteiger partial charge in [0.2, 0.25) is 17.7 Å². The highest BCUT2D eigenvalue weighted by molar-refractivity contribution is 6.18. The Morgan fingerprint density at radius 2 is 2.50 bits per heavy atom. The maximum atomic E-state index is 11.7. The minimum Gasteiger partial charge on any atom is -0.481 e. The van der Waals surface area contributed by atoms with E-state index in [1.807, 2.05) is 0 Å². The van der Waals surface area contributed by atoms with Crippen LogP contribution in [0.3, 0.4) is 0 Å². The first-order chi connectivity index (χ1) is 7.74. The van der Waals surface area contributed by atoms with Gasteiger partial charge in [-0.1, -0.05) is 0 Å². The second kappa shape index (κ2) is 4.65. The molecule has 0 spiro atoms. The topological polar surface area (TPSA) is 55.3 Å². The number of anilines is 1. The van der Waals surface area contributed by atoms with E-state index in [2.05, 4.69) is 9.97 Å². The van der Waals surface area contributed by atoms with Gasteiger partial charge in [-0.05, 0) is 5.92 Å². The summed E-state index contributed by atoms with van der Waals surface area (Å²) in [5.74, 6) is 1.51. The molecule has 1 aliphatic heterocycles. The van der Waals surface area contributed by atoms with Crippen LogP contribution in [0.15, 0.2) is 12.3 Å². The number of aromatic nitrogens is 2. The third kappa shape index (κ3) is 2.09. The molecule has 1 aliphatic rings. The van der Waals surface area contributed by atoms with Crippen molar-refractivity contribution in [1.29, 1.82) is 0 Å². The summed E-state index contributed by atoms with van der Waals surface area (Å²) in [5.41, 5.74) is 0. The van der Waals surface area contributed by atoms with Crippen LogP contribution in [0, 0.1) is 5.92 Å². The van der Waals surface area contributed by atoms with Crippen LogP contribution in [0.4, 0.5) is 5.95 Å². The van der Waals surface area contributed by atoms with E-state index in [0.717, 1.165) is 0 Å². The number of carbonyl (C=O) groups is 1. The van der Waals surface area contributed by atoms with Gasteiger partial charge in [-0.2, -0.15) is 4.98 Å². The molecule has 2 rings (SSSR count). The molecule has 0 radical (unpaired) electrons. The van der Waals surface area contributed by atoms with Crippen molar-refractivity contribution in [3.05, 3.63) is 12.3 Å². The van der Waals surface area contributed by atoms with E-state index >= 15 is 0 Å². The fourth-order valence-corrected chi connectivity index (χ4v) is 1.86. The molecule has 5 nitrogen and oxygen atoms in total. The zero-order chi connectivity index (χ0) is 11.5. The summed E-state index contributed by atoms with van der Waals surface area (Å²) in [6.45, 7) is 0.579. The third-order valence-electron chi connectivity index (χ3n) is 2.49. The number of halogens is 1. The lowest BCUT2D eigenvalue weighted by Crippen LogP contribution is -2.26. The number of alkyl halides is 1. The summed E-state index contributed by atoms with van der Waals surface area (Å²) in [4.78, 5) is 21.4. The first-order valence-corrected chi connectivity index (χ1v) is 5.51. The van der Waals surface area contributed by atoms with Crippen molar-refractivity contribution < 1.29 is 9.53 Å². The van der Waals surface area contributed by atoms with Crippen molar-refractivity contribution in [1.82, 2.24) is 9.97 Å². The molecule has 16 heavy (non-hydrogen) atoms. The van der Waals surface area contributed by atoms with E-state index in [0.29, 0.717) is 30.7 Å². The molecule has 1 amide bonds. The van der Waals surface area contributed by atoms with Crippen molar-refractivity contribution in [3.63, 3.8) is 0 Å². The monoisotopic (exact) mass is 241 g/mol. The summed E-state index contributed by atoms with van der Waals surface area (Å²) in [6.07, 6.45) is 2.03. The van der Waals surface area contributed by atoms with Crippen LogP contribution in [-0.4, -0.2) is 35.4 Å². The molecular weight excluding hydrogens is 230 g/mol. The molecule has 2 heterocycles. The third-order valence-corrected chi connectivity index (χ3v) is 2.93. The van der Waals surface area contributed by atoms with Gasteiger partial charge >= 0.3 is 0 Å². The van der Waals surface area contributed by atoms with Crippen molar-refractivity contribution >= 4 is 23.5 Å². The minimum atomic E-state index is 0.0129. The van der Waals surface area contributed by atoms with E-state index < -0.39 is 0 Å². The number of carbonyl (C=O) groups excluding carboxylic acids is 1. The van der Waals surface area contributed by atoms with Crippen LogP contribution >= 0.6 is 11.6 Å². The van der Waals surface area contributed by atoms with Gasteiger partial charge < -0.3 is 4.74 Å². The van der Waals surface area contributed by atoms with Crippen LogP contribution in [0.2, 0.25) is 0 Å². The SMILES string of the molecule is COc1ccnc(N2CC(CCl)CC2=O)n1. The second-order valence-electron chi connectivity index (χ2n) is 3.63. The summed E-state index contributed by atoms with van der Waals surface area (Å²) in [5, 5.41) is 0. The Bertz CT molecular complexity index is 399. The van der Waals surface area contributed by atoms with Gasteiger partial charge in [0.25, 0.3) is 0 Å². The van der Waals surface area contributed by atoms with Crippen LogP contribution < -0.4 is 9.64 Å². The fraction of sp³-hybridized carbons (Fsp3) is 0.500. The lowest BCUT2D eigenvalue weighted by molar-refractivity contribution is -0.117. The van der Waals surface area contributed by atoms with Gasteiger partial charge in [0, 0.05) is 31.1 Å². The van der Waals surface area contributed by atoms with Gasteiger partial charge in [-0.15, -0.1) is 11.6 Å². The fourth-order valence-electron chi connectivity index (χ4n) is 1.65. The number of ether oxygens (including phenoxy) is 1. The van der Waals surface area contributed by atoms with Crippen LogP contribution in [0.1, 0.15) is 6.42 Å². The normalized spacial score (nSPS) is 20.2.